The molecule has 3 aromatic rings. The zero-order valence-corrected chi connectivity index (χ0v) is 17.1. The van der Waals surface area contributed by atoms with Gasteiger partial charge in [0, 0.05) is 24.0 Å². The highest BCUT2D eigenvalue weighted by atomic mass is 19.1. The van der Waals surface area contributed by atoms with Crippen LogP contribution in [0.1, 0.15) is 47.0 Å². The van der Waals surface area contributed by atoms with E-state index in [4.69, 9.17) is 10.2 Å². The van der Waals surface area contributed by atoms with Crippen LogP contribution in [0.4, 0.5) is 15.8 Å². The normalized spacial score (nSPS) is 16.2. The van der Waals surface area contributed by atoms with Gasteiger partial charge in [-0.1, -0.05) is 12.1 Å². The molecule has 1 aliphatic rings. The summed E-state index contributed by atoms with van der Waals surface area (Å²) in [6, 6.07) is 11.3. The van der Waals surface area contributed by atoms with Crippen LogP contribution in [0, 0.1) is 5.82 Å². The molecular formula is C23H23FN4O3. The third kappa shape index (κ3) is 4.14. The first kappa shape index (κ1) is 20.6. The number of halogens is 1. The van der Waals surface area contributed by atoms with Crippen LogP contribution in [-0.2, 0) is 0 Å². The highest BCUT2D eigenvalue weighted by Crippen LogP contribution is 2.31. The largest absolute Gasteiger partial charge is 0.443 e. The Morgan fingerprint density at radius 1 is 1.23 bits per heavy atom. The molecule has 7 nitrogen and oxygen atoms in total. The summed E-state index contributed by atoms with van der Waals surface area (Å²) >= 11 is 0. The standard InChI is InChI=1S/C23H23FN4O3/c1-14-6-4-5-11-28(14)19-10-9-15(12-17(19)22(25)29)27-23(30)20-21(31-13-26-20)16-7-2-3-8-18(16)24/h2-3,7-10,12-14H,4-6,11H2,1H3,(H2,25,29)(H,27,30)/t14-/m0/s1. The predicted octanol–water partition coefficient (Wildman–Crippen LogP) is 4.21. The lowest BCUT2D eigenvalue weighted by Gasteiger charge is -2.36. The van der Waals surface area contributed by atoms with Crippen LogP contribution < -0.4 is 16.0 Å². The first-order valence-electron chi connectivity index (χ1n) is 10.2. The summed E-state index contributed by atoms with van der Waals surface area (Å²) in [7, 11) is 0. The van der Waals surface area contributed by atoms with Crippen molar-refractivity contribution < 1.29 is 18.4 Å². The fourth-order valence-electron chi connectivity index (χ4n) is 3.95. The molecule has 31 heavy (non-hydrogen) atoms. The molecule has 1 saturated heterocycles. The highest BCUT2D eigenvalue weighted by molar-refractivity contribution is 6.07. The molecule has 0 saturated carbocycles. The summed E-state index contributed by atoms with van der Waals surface area (Å²) < 4.78 is 19.4. The third-order valence-electron chi connectivity index (χ3n) is 5.53. The van der Waals surface area contributed by atoms with Gasteiger partial charge >= 0.3 is 0 Å². The maximum Gasteiger partial charge on any atom is 0.278 e. The number of rotatable bonds is 5. The smallest absolute Gasteiger partial charge is 0.278 e. The molecule has 0 bridgehead atoms. The molecule has 2 aromatic carbocycles. The lowest BCUT2D eigenvalue weighted by Crippen LogP contribution is -2.38. The highest BCUT2D eigenvalue weighted by Gasteiger charge is 2.24. The van der Waals surface area contributed by atoms with E-state index < -0.39 is 17.6 Å². The van der Waals surface area contributed by atoms with Gasteiger partial charge in [-0.2, -0.15) is 0 Å². The fraction of sp³-hybridized carbons (Fsp3) is 0.261. The second-order valence-electron chi connectivity index (χ2n) is 7.60. The number of benzene rings is 2. The van der Waals surface area contributed by atoms with Gasteiger partial charge in [-0.25, -0.2) is 9.37 Å². The molecule has 0 aliphatic carbocycles. The molecule has 8 heteroatoms. The van der Waals surface area contributed by atoms with Crippen LogP contribution in [0.2, 0.25) is 0 Å². The average Bonchev–Trinajstić information content (AvgIpc) is 3.24. The van der Waals surface area contributed by atoms with Crippen molar-refractivity contribution in [3.63, 3.8) is 0 Å². The van der Waals surface area contributed by atoms with E-state index in [2.05, 4.69) is 22.1 Å². The number of anilines is 2. The van der Waals surface area contributed by atoms with Crippen LogP contribution in [0.25, 0.3) is 11.3 Å². The molecule has 1 fully saturated rings. The van der Waals surface area contributed by atoms with Crippen molar-refractivity contribution in [3.8, 4) is 11.3 Å². The SMILES string of the molecule is C[C@H]1CCCCN1c1ccc(NC(=O)c2ncoc2-c2ccccc2F)cc1C(N)=O. The number of nitrogens with zero attached hydrogens (tertiary/aromatic N) is 2. The maximum absolute atomic E-state index is 14.1. The van der Waals surface area contributed by atoms with E-state index in [0.29, 0.717) is 17.3 Å². The summed E-state index contributed by atoms with van der Waals surface area (Å²) in [5.41, 5.74) is 7.18. The summed E-state index contributed by atoms with van der Waals surface area (Å²) in [6.45, 7) is 2.96. The molecule has 1 aromatic heterocycles. The molecule has 2 heterocycles. The van der Waals surface area contributed by atoms with Gasteiger partial charge in [0.25, 0.3) is 11.8 Å². The summed E-state index contributed by atoms with van der Waals surface area (Å²) in [5, 5.41) is 2.70. The average molecular weight is 422 g/mol. The van der Waals surface area contributed by atoms with Crippen LogP contribution in [-0.4, -0.2) is 29.4 Å². The lowest BCUT2D eigenvalue weighted by atomic mass is 10.0. The van der Waals surface area contributed by atoms with Crippen molar-refractivity contribution in [2.75, 3.05) is 16.8 Å². The quantitative estimate of drug-likeness (QED) is 0.641. The van der Waals surface area contributed by atoms with Crippen LogP contribution >= 0.6 is 0 Å². The summed E-state index contributed by atoms with van der Waals surface area (Å²) in [6.07, 6.45) is 4.33. The van der Waals surface area contributed by atoms with E-state index in [1.807, 2.05) is 0 Å². The summed E-state index contributed by atoms with van der Waals surface area (Å²) in [5.74, 6) is -1.65. The number of amides is 2. The number of nitrogens with one attached hydrogen (secondary N) is 1. The minimum Gasteiger partial charge on any atom is -0.443 e. The van der Waals surface area contributed by atoms with Crippen molar-refractivity contribution in [2.24, 2.45) is 5.73 Å². The fourth-order valence-corrected chi connectivity index (χ4v) is 3.95. The molecule has 4 rings (SSSR count). The Bertz CT molecular complexity index is 1130. The van der Waals surface area contributed by atoms with Crippen LogP contribution in [0.15, 0.2) is 53.3 Å². The van der Waals surface area contributed by atoms with Crippen molar-refractivity contribution >= 4 is 23.2 Å². The zero-order valence-electron chi connectivity index (χ0n) is 17.1. The minimum atomic E-state index is -0.582. The number of hydrogen-bond acceptors (Lipinski definition) is 5. The van der Waals surface area contributed by atoms with Gasteiger partial charge in [0.1, 0.15) is 5.82 Å². The minimum absolute atomic E-state index is 0.0319. The number of primary amides is 1. The number of nitrogens with two attached hydrogens (primary N) is 1. The molecule has 3 N–H and O–H groups in total. The van der Waals surface area contributed by atoms with E-state index >= 15 is 0 Å². The lowest BCUT2D eigenvalue weighted by molar-refractivity contribution is 0.0995. The van der Waals surface area contributed by atoms with E-state index in [-0.39, 0.29) is 17.0 Å². The van der Waals surface area contributed by atoms with Gasteiger partial charge in [0.15, 0.2) is 17.8 Å². The van der Waals surface area contributed by atoms with Gasteiger partial charge < -0.3 is 20.4 Å². The molecule has 1 aliphatic heterocycles. The first-order chi connectivity index (χ1) is 15.0. The molecule has 0 spiro atoms. The molecule has 1 atom stereocenters. The maximum atomic E-state index is 14.1. The van der Waals surface area contributed by atoms with E-state index in [1.54, 1.807) is 30.3 Å². The Morgan fingerprint density at radius 2 is 2.03 bits per heavy atom. The van der Waals surface area contributed by atoms with Crippen LogP contribution in [0.3, 0.4) is 0 Å². The number of oxazole rings is 1. The molecule has 0 radical (unpaired) electrons. The van der Waals surface area contributed by atoms with Crippen molar-refractivity contribution in [2.45, 2.75) is 32.2 Å². The first-order valence-corrected chi connectivity index (χ1v) is 10.2. The monoisotopic (exact) mass is 422 g/mol. The van der Waals surface area contributed by atoms with E-state index in [9.17, 15) is 14.0 Å². The Balaban J connectivity index is 1.61. The second kappa shape index (κ2) is 8.59. The van der Waals surface area contributed by atoms with Crippen molar-refractivity contribution in [3.05, 3.63) is 65.9 Å². The third-order valence-corrected chi connectivity index (χ3v) is 5.53. The van der Waals surface area contributed by atoms with Crippen LogP contribution in [0.5, 0.6) is 0 Å². The predicted molar refractivity (Wildman–Crippen MR) is 115 cm³/mol. The Hall–Kier alpha value is -3.68. The van der Waals surface area contributed by atoms with Gasteiger partial charge in [-0.15, -0.1) is 0 Å². The number of carbonyl (C=O) groups excluding carboxylic acids is 2. The Kier molecular flexibility index (Phi) is 5.70. The van der Waals surface area contributed by atoms with E-state index in [0.717, 1.165) is 37.9 Å². The number of piperidine rings is 1. The number of carbonyl (C=O) groups is 2. The summed E-state index contributed by atoms with van der Waals surface area (Å²) in [4.78, 5) is 31.1. The molecule has 160 valence electrons. The molecular weight excluding hydrogens is 399 g/mol. The van der Waals surface area contributed by atoms with Crippen molar-refractivity contribution in [1.82, 2.24) is 4.98 Å². The Labute approximate surface area is 179 Å². The number of aromatic nitrogens is 1. The van der Waals surface area contributed by atoms with Gasteiger partial charge in [-0.3, -0.25) is 9.59 Å². The zero-order chi connectivity index (χ0) is 22.0. The Morgan fingerprint density at radius 3 is 2.77 bits per heavy atom. The second-order valence-corrected chi connectivity index (χ2v) is 7.60. The topological polar surface area (TPSA) is 101 Å². The van der Waals surface area contributed by atoms with Gasteiger partial charge in [0.05, 0.1) is 11.1 Å². The number of hydrogen-bond donors (Lipinski definition) is 2. The van der Waals surface area contributed by atoms with Crippen molar-refractivity contribution in [1.29, 1.82) is 0 Å². The van der Waals surface area contributed by atoms with E-state index in [1.165, 1.54) is 12.1 Å². The molecule has 0 unspecified atom stereocenters. The van der Waals surface area contributed by atoms with Gasteiger partial charge in [0.2, 0.25) is 0 Å². The van der Waals surface area contributed by atoms with Gasteiger partial charge in [-0.05, 0) is 56.5 Å². The molecule has 2 amide bonds.